The number of ether oxygens (including phenoxy) is 1. The van der Waals surface area contributed by atoms with Gasteiger partial charge < -0.3 is 4.74 Å². The number of rotatable bonds is 1. The molecule has 1 aliphatic heterocycles. The van der Waals surface area contributed by atoms with Gasteiger partial charge in [0.2, 0.25) is 0 Å². The number of benzene rings is 1. The lowest BCUT2D eigenvalue weighted by atomic mass is 10.1. The van der Waals surface area contributed by atoms with Gasteiger partial charge in [0.05, 0.1) is 7.11 Å². The third-order valence-corrected chi connectivity index (χ3v) is 3.47. The van der Waals surface area contributed by atoms with E-state index in [0.717, 1.165) is 16.2 Å². The molecule has 1 aliphatic rings. The lowest BCUT2D eigenvalue weighted by Gasteiger charge is -2.19. The van der Waals surface area contributed by atoms with Crippen LogP contribution in [0.3, 0.4) is 0 Å². The summed E-state index contributed by atoms with van der Waals surface area (Å²) in [6, 6.07) is 5.69. The van der Waals surface area contributed by atoms with Crippen molar-refractivity contribution in [3.05, 3.63) is 23.8 Å². The van der Waals surface area contributed by atoms with E-state index in [-0.39, 0.29) is 5.78 Å². The van der Waals surface area contributed by atoms with Crippen molar-refractivity contribution in [1.29, 1.82) is 0 Å². The summed E-state index contributed by atoms with van der Waals surface area (Å²) >= 11 is 1.76. The highest BCUT2D eigenvalue weighted by Gasteiger charge is 2.22. The number of fused-ring (bicyclic) bond motifs is 1. The van der Waals surface area contributed by atoms with Crippen LogP contribution in [-0.4, -0.2) is 18.1 Å². The molecule has 0 spiro atoms. The minimum atomic E-state index is 0.227. The molecule has 0 fully saturated rings. The van der Waals surface area contributed by atoms with Gasteiger partial charge in [0.1, 0.15) is 5.75 Å². The topological polar surface area (TPSA) is 26.3 Å². The van der Waals surface area contributed by atoms with Crippen molar-refractivity contribution in [3.63, 3.8) is 0 Å². The van der Waals surface area contributed by atoms with E-state index in [1.54, 1.807) is 18.9 Å². The number of hydrogen-bond acceptors (Lipinski definition) is 3. The molecule has 1 aromatic rings. The highest BCUT2D eigenvalue weighted by atomic mass is 32.2. The van der Waals surface area contributed by atoms with E-state index < -0.39 is 0 Å². The number of carbonyl (C=O) groups excluding carboxylic acids is 1. The van der Waals surface area contributed by atoms with Crippen molar-refractivity contribution in [3.8, 4) is 5.75 Å². The second-order valence-corrected chi connectivity index (χ2v) is 4.90. The average Bonchev–Trinajstić information content (AvgIpc) is 2.17. The van der Waals surface area contributed by atoms with E-state index in [2.05, 4.69) is 6.92 Å². The van der Waals surface area contributed by atoms with E-state index in [0.29, 0.717) is 11.7 Å². The van der Waals surface area contributed by atoms with E-state index >= 15 is 0 Å². The fourth-order valence-electron chi connectivity index (χ4n) is 1.59. The first kappa shape index (κ1) is 9.59. The minimum absolute atomic E-state index is 0.227. The fourth-order valence-corrected chi connectivity index (χ4v) is 2.70. The summed E-state index contributed by atoms with van der Waals surface area (Å²) in [6.45, 7) is 2.08. The van der Waals surface area contributed by atoms with Crippen molar-refractivity contribution in [2.24, 2.45) is 0 Å². The van der Waals surface area contributed by atoms with E-state index in [1.165, 1.54) is 0 Å². The Hall–Kier alpha value is -0.960. The molecule has 0 amide bonds. The molecule has 14 heavy (non-hydrogen) atoms. The second-order valence-electron chi connectivity index (χ2n) is 3.42. The van der Waals surface area contributed by atoms with Crippen LogP contribution in [0.4, 0.5) is 0 Å². The highest BCUT2D eigenvalue weighted by Crippen LogP contribution is 2.36. The zero-order valence-electron chi connectivity index (χ0n) is 8.24. The van der Waals surface area contributed by atoms with Gasteiger partial charge in [0.25, 0.3) is 0 Å². The molecular formula is C11H12O2S. The van der Waals surface area contributed by atoms with Crippen LogP contribution < -0.4 is 4.74 Å². The zero-order valence-corrected chi connectivity index (χ0v) is 9.06. The molecule has 1 aromatic carbocycles. The first-order chi connectivity index (χ1) is 6.70. The highest BCUT2D eigenvalue weighted by molar-refractivity contribution is 8.00. The Morgan fingerprint density at radius 2 is 2.29 bits per heavy atom. The molecule has 0 aromatic heterocycles. The molecule has 0 saturated heterocycles. The van der Waals surface area contributed by atoms with Crippen molar-refractivity contribution >= 4 is 17.5 Å². The molecule has 74 valence electrons. The van der Waals surface area contributed by atoms with Crippen molar-refractivity contribution in [2.75, 3.05) is 7.11 Å². The predicted molar refractivity (Wildman–Crippen MR) is 57.3 cm³/mol. The van der Waals surface area contributed by atoms with Gasteiger partial charge in [0.15, 0.2) is 5.78 Å². The number of Topliss-reactive ketones (excluding diaryl/α,β-unsaturated/α-hetero) is 1. The number of thioether (sulfide) groups is 1. The van der Waals surface area contributed by atoms with E-state index in [1.807, 2.05) is 18.2 Å². The van der Waals surface area contributed by atoms with Crippen LogP contribution in [0, 0.1) is 0 Å². The van der Waals surface area contributed by atoms with Crippen LogP contribution in [0.5, 0.6) is 5.75 Å². The molecule has 2 rings (SSSR count). The number of methoxy groups -OCH3 is 1. The normalized spacial score (nSPS) is 20.4. The van der Waals surface area contributed by atoms with Crippen molar-refractivity contribution in [2.45, 2.75) is 23.5 Å². The molecule has 3 heteroatoms. The number of hydrogen-bond donors (Lipinski definition) is 0. The van der Waals surface area contributed by atoms with Crippen LogP contribution >= 0.6 is 11.8 Å². The van der Waals surface area contributed by atoms with Gasteiger partial charge in [-0.15, -0.1) is 11.8 Å². The Labute approximate surface area is 87.6 Å². The zero-order chi connectivity index (χ0) is 10.1. The molecule has 0 N–H and O–H groups in total. The maximum Gasteiger partial charge on any atom is 0.165 e. The van der Waals surface area contributed by atoms with Gasteiger partial charge >= 0.3 is 0 Å². The van der Waals surface area contributed by atoms with E-state index in [4.69, 9.17) is 4.74 Å². The molecule has 0 bridgehead atoms. The molecule has 1 heterocycles. The second kappa shape index (κ2) is 3.65. The molecule has 2 nitrogen and oxygen atoms in total. The summed E-state index contributed by atoms with van der Waals surface area (Å²) in [5.74, 6) is 0.984. The fraction of sp³-hybridized carbons (Fsp3) is 0.364. The molecule has 1 atom stereocenters. The first-order valence-electron chi connectivity index (χ1n) is 4.58. The Bertz CT molecular complexity index is 374. The van der Waals surface area contributed by atoms with Gasteiger partial charge in [-0.2, -0.15) is 0 Å². The Morgan fingerprint density at radius 3 is 3.00 bits per heavy atom. The van der Waals surface area contributed by atoms with Crippen LogP contribution in [0.2, 0.25) is 0 Å². The van der Waals surface area contributed by atoms with Crippen LogP contribution in [0.15, 0.2) is 23.1 Å². The summed E-state index contributed by atoms with van der Waals surface area (Å²) < 4.78 is 5.09. The Balaban J connectivity index is 2.44. The lowest BCUT2D eigenvalue weighted by molar-refractivity contribution is 0.0978. The van der Waals surface area contributed by atoms with Crippen molar-refractivity contribution in [1.82, 2.24) is 0 Å². The van der Waals surface area contributed by atoms with Gasteiger partial charge in [-0.25, -0.2) is 0 Å². The monoisotopic (exact) mass is 208 g/mol. The smallest absolute Gasteiger partial charge is 0.165 e. The number of carbonyl (C=O) groups is 1. The summed E-state index contributed by atoms with van der Waals surface area (Å²) in [5, 5.41) is 0.392. The quantitative estimate of drug-likeness (QED) is 0.710. The van der Waals surface area contributed by atoms with Crippen LogP contribution in [-0.2, 0) is 0 Å². The summed E-state index contributed by atoms with van der Waals surface area (Å²) in [5.41, 5.74) is 0.812. The van der Waals surface area contributed by atoms with Gasteiger partial charge in [-0.05, 0) is 18.2 Å². The molecule has 0 radical (unpaired) electrons. The standard InChI is InChI=1S/C11H12O2S/c1-7-5-10(12)9-6-8(13-2)3-4-11(9)14-7/h3-4,6-7H,5H2,1-2H3. The maximum atomic E-state index is 11.7. The van der Waals surface area contributed by atoms with Gasteiger partial charge in [-0.1, -0.05) is 6.92 Å². The number of ketones is 1. The first-order valence-corrected chi connectivity index (χ1v) is 5.46. The SMILES string of the molecule is COc1ccc2c(c1)C(=O)CC(C)S2. The Morgan fingerprint density at radius 1 is 1.50 bits per heavy atom. The van der Waals surface area contributed by atoms with Crippen LogP contribution in [0.1, 0.15) is 23.7 Å². The van der Waals surface area contributed by atoms with Gasteiger partial charge in [0, 0.05) is 22.1 Å². The Kier molecular flexibility index (Phi) is 2.50. The summed E-state index contributed by atoms with van der Waals surface area (Å²) in [4.78, 5) is 12.8. The van der Waals surface area contributed by atoms with E-state index in [9.17, 15) is 4.79 Å². The maximum absolute atomic E-state index is 11.7. The van der Waals surface area contributed by atoms with Crippen molar-refractivity contribution < 1.29 is 9.53 Å². The molecule has 0 aliphatic carbocycles. The molecular weight excluding hydrogens is 196 g/mol. The van der Waals surface area contributed by atoms with Gasteiger partial charge in [-0.3, -0.25) is 4.79 Å². The van der Waals surface area contributed by atoms with Crippen LogP contribution in [0.25, 0.3) is 0 Å². The molecule has 0 saturated carbocycles. The summed E-state index contributed by atoms with van der Waals surface area (Å²) in [6.07, 6.45) is 0.630. The third kappa shape index (κ3) is 1.64. The largest absolute Gasteiger partial charge is 0.497 e. The predicted octanol–water partition coefficient (Wildman–Crippen LogP) is 2.76. The minimum Gasteiger partial charge on any atom is -0.497 e. The third-order valence-electron chi connectivity index (χ3n) is 2.29. The molecule has 1 unspecified atom stereocenters. The average molecular weight is 208 g/mol. The summed E-state index contributed by atoms with van der Waals surface area (Å²) in [7, 11) is 1.62. The lowest BCUT2D eigenvalue weighted by Crippen LogP contribution is -2.14.